The second-order valence-corrected chi connectivity index (χ2v) is 4.86. The minimum absolute atomic E-state index is 0.207. The van der Waals surface area contributed by atoms with E-state index in [1.807, 2.05) is 0 Å². The highest BCUT2D eigenvalue weighted by Gasteiger charge is 2.14. The smallest absolute Gasteiger partial charge is 0.258 e. The number of likely N-dealkylation sites (N-methyl/N-ethyl adjacent to an activating group) is 1. The van der Waals surface area contributed by atoms with Crippen LogP contribution >= 0.6 is 23.2 Å². The molecular weight excluding hydrogens is 303 g/mol. The third-order valence-corrected chi connectivity index (χ3v) is 3.12. The molecule has 0 unspecified atom stereocenters. The van der Waals surface area contributed by atoms with Gasteiger partial charge >= 0.3 is 0 Å². The molecule has 0 aliphatic rings. The third kappa shape index (κ3) is 5.27. The summed E-state index contributed by atoms with van der Waals surface area (Å²) in [6.07, 6.45) is 0. The minimum Gasteiger partial charge on any atom is -0.484 e. The molecule has 2 N–H and O–H groups in total. The van der Waals surface area contributed by atoms with Crippen LogP contribution in [0.3, 0.4) is 0 Å². The molecule has 5 nitrogen and oxygen atoms in total. The lowest BCUT2D eigenvalue weighted by Crippen LogP contribution is -2.46. The summed E-state index contributed by atoms with van der Waals surface area (Å²) in [5.74, 6) is -0.203. The molecule has 20 heavy (non-hydrogen) atoms. The number of halogens is 2. The van der Waals surface area contributed by atoms with E-state index in [4.69, 9.17) is 27.9 Å². The van der Waals surface area contributed by atoms with Gasteiger partial charge in [-0.15, -0.1) is 0 Å². The van der Waals surface area contributed by atoms with Gasteiger partial charge in [-0.3, -0.25) is 9.59 Å². The number of carbonyl (C=O) groups is 2. The van der Waals surface area contributed by atoms with Gasteiger partial charge in [0.25, 0.3) is 5.91 Å². The molecule has 0 bridgehead atoms. The summed E-state index contributed by atoms with van der Waals surface area (Å²) in [6.45, 7) is 3.71. The van der Waals surface area contributed by atoms with E-state index >= 15 is 0 Å². The molecule has 1 rings (SSSR count). The quantitative estimate of drug-likeness (QED) is 0.843. The van der Waals surface area contributed by atoms with Gasteiger partial charge < -0.3 is 15.4 Å². The average Bonchev–Trinajstić information content (AvgIpc) is 2.40. The molecule has 0 fully saturated rings. The van der Waals surface area contributed by atoms with Crippen LogP contribution < -0.4 is 15.4 Å². The van der Waals surface area contributed by atoms with E-state index in [1.165, 1.54) is 6.07 Å². The Morgan fingerprint density at radius 2 is 2.00 bits per heavy atom. The normalized spacial score (nSPS) is 11.6. The van der Waals surface area contributed by atoms with E-state index in [9.17, 15) is 9.59 Å². The molecule has 0 saturated heterocycles. The van der Waals surface area contributed by atoms with E-state index in [-0.39, 0.29) is 12.5 Å². The predicted octanol–water partition coefficient (Wildman–Crippen LogP) is 2.01. The Bertz CT molecular complexity index is 495. The standard InChI is InChI=1S/C13H16Cl2N2O3/c1-3-16-13(19)8(2)17-12(18)7-20-9-4-5-10(14)11(15)6-9/h4-6,8H,3,7H2,1-2H3,(H,16,19)(H,17,18)/t8-/m1/s1. The predicted molar refractivity (Wildman–Crippen MR) is 78.2 cm³/mol. The van der Waals surface area contributed by atoms with Crippen molar-refractivity contribution in [2.75, 3.05) is 13.2 Å². The molecule has 0 aliphatic heterocycles. The van der Waals surface area contributed by atoms with E-state index in [0.717, 1.165) is 0 Å². The molecular formula is C13H16Cl2N2O3. The van der Waals surface area contributed by atoms with E-state index < -0.39 is 11.9 Å². The Balaban J connectivity index is 2.43. The van der Waals surface area contributed by atoms with Crippen LogP contribution in [0, 0.1) is 0 Å². The number of hydrogen-bond acceptors (Lipinski definition) is 3. The maximum Gasteiger partial charge on any atom is 0.258 e. The SMILES string of the molecule is CCNC(=O)[C@@H](C)NC(=O)COc1ccc(Cl)c(Cl)c1. The fourth-order valence-electron chi connectivity index (χ4n) is 1.39. The van der Waals surface area contributed by atoms with Crippen molar-refractivity contribution in [1.82, 2.24) is 10.6 Å². The number of carbonyl (C=O) groups excluding carboxylic acids is 2. The number of hydrogen-bond donors (Lipinski definition) is 2. The van der Waals surface area contributed by atoms with Crippen LogP contribution in [0.5, 0.6) is 5.75 Å². The van der Waals surface area contributed by atoms with Crippen molar-refractivity contribution in [2.24, 2.45) is 0 Å². The highest BCUT2D eigenvalue weighted by Crippen LogP contribution is 2.26. The van der Waals surface area contributed by atoms with Crippen LogP contribution in [-0.4, -0.2) is 31.0 Å². The molecule has 1 aromatic rings. The molecule has 0 spiro atoms. The Hall–Kier alpha value is -1.46. The maximum absolute atomic E-state index is 11.6. The van der Waals surface area contributed by atoms with Crippen LogP contribution in [0.4, 0.5) is 0 Å². The van der Waals surface area contributed by atoms with Crippen molar-refractivity contribution in [3.8, 4) is 5.75 Å². The van der Waals surface area contributed by atoms with Gasteiger partial charge in [0.15, 0.2) is 6.61 Å². The zero-order valence-electron chi connectivity index (χ0n) is 11.2. The topological polar surface area (TPSA) is 67.4 Å². The third-order valence-electron chi connectivity index (χ3n) is 2.38. The highest BCUT2D eigenvalue weighted by molar-refractivity contribution is 6.42. The summed E-state index contributed by atoms with van der Waals surface area (Å²) in [6, 6.07) is 4.09. The molecule has 1 atom stereocenters. The van der Waals surface area contributed by atoms with E-state index in [1.54, 1.807) is 26.0 Å². The average molecular weight is 319 g/mol. The fourth-order valence-corrected chi connectivity index (χ4v) is 1.68. The molecule has 1 aromatic carbocycles. The van der Waals surface area contributed by atoms with Gasteiger partial charge in [0, 0.05) is 12.6 Å². The summed E-state index contributed by atoms with van der Waals surface area (Å²) in [7, 11) is 0. The molecule has 0 saturated carbocycles. The zero-order chi connectivity index (χ0) is 15.1. The van der Waals surface area contributed by atoms with Crippen molar-refractivity contribution >= 4 is 35.0 Å². The van der Waals surface area contributed by atoms with Crippen molar-refractivity contribution in [3.63, 3.8) is 0 Å². The Morgan fingerprint density at radius 3 is 2.60 bits per heavy atom. The first-order valence-electron chi connectivity index (χ1n) is 6.09. The van der Waals surface area contributed by atoms with Crippen molar-refractivity contribution < 1.29 is 14.3 Å². The molecule has 0 radical (unpaired) electrons. The summed E-state index contributed by atoms with van der Waals surface area (Å²) in [5, 5.41) is 5.90. The number of amides is 2. The lowest BCUT2D eigenvalue weighted by atomic mass is 10.3. The van der Waals surface area contributed by atoms with Gasteiger partial charge in [-0.1, -0.05) is 23.2 Å². The van der Waals surface area contributed by atoms with Gasteiger partial charge in [0.05, 0.1) is 10.0 Å². The van der Waals surface area contributed by atoms with Gasteiger partial charge in [-0.25, -0.2) is 0 Å². The molecule has 0 aliphatic carbocycles. The van der Waals surface area contributed by atoms with Crippen molar-refractivity contribution in [3.05, 3.63) is 28.2 Å². The second kappa shape index (κ2) is 7.97. The summed E-state index contributed by atoms with van der Waals surface area (Å²) >= 11 is 11.6. The number of ether oxygens (including phenoxy) is 1. The number of nitrogens with one attached hydrogen (secondary N) is 2. The van der Waals surface area contributed by atoms with Gasteiger partial charge in [-0.2, -0.15) is 0 Å². The summed E-state index contributed by atoms with van der Waals surface area (Å²) in [5.41, 5.74) is 0. The first-order chi connectivity index (χ1) is 9.43. The van der Waals surface area contributed by atoms with Gasteiger partial charge in [-0.05, 0) is 26.0 Å². The van der Waals surface area contributed by atoms with Gasteiger partial charge in [0.1, 0.15) is 11.8 Å². The monoisotopic (exact) mass is 318 g/mol. The maximum atomic E-state index is 11.6. The Morgan fingerprint density at radius 1 is 1.30 bits per heavy atom. The van der Waals surface area contributed by atoms with Crippen LogP contribution in [0.15, 0.2) is 18.2 Å². The summed E-state index contributed by atoms with van der Waals surface area (Å²) < 4.78 is 5.26. The first-order valence-corrected chi connectivity index (χ1v) is 6.84. The lowest BCUT2D eigenvalue weighted by Gasteiger charge is -2.13. The number of rotatable bonds is 6. The zero-order valence-corrected chi connectivity index (χ0v) is 12.7. The highest BCUT2D eigenvalue weighted by atomic mass is 35.5. The minimum atomic E-state index is -0.611. The summed E-state index contributed by atoms with van der Waals surface area (Å²) in [4.78, 5) is 23.0. The Labute approximate surface area is 127 Å². The molecule has 0 aromatic heterocycles. The lowest BCUT2D eigenvalue weighted by molar-refractivity contribution is -0.129. The molecule has 0 heterocycles. The molecule has 110 valence electrons. The first kappa shape index (κ1) is 16.6. The molecule has 7 heteroatoms. The van der Waals surface area contributed by atoms with Crippen LogP contribution in [0.1, 0.15) is 13.8 Å². The van der Waals surface area contributed by atoms with Crippen LogP contribution in [0.2, 0.25) is 10.0 Å². The van der Waals surface area contributed by atoms with E-state index in [0.29, 0.717) is 22.3 Å². The van der Waals surface area contributed by atoms with Crippen molar-refractivity contribution in [2.45, 2.75) is 19.9 Å². The van der Waals surface area contributed by atoms with E-state index in [2.05, 4.69) is 10.6 Å². The number of benzene rings is 1. The van der Waals surface area contributed by atoms with Gasteiger partial charge in [0.2, 0.25) is 5.91 Å². The fraction of sp³-hybridized carbons (Fsp3) is 0.385. The second-order valence-electron chi connectivity index (χ2n) is 4.05. The largest absolute Gasteiger partial charge is 0.484 e. The van der Waals surface area contributed by atoms with Crippen LogP contribution in [-0.2, 0) is 9.59 Å². The van der Waals surface area contributed by atoms with Crippen molar-refractivity contribution in [1.29, 1.82) is 0 Å². The molecule has 2 amide bonds. The van der Waals surface area contributed by atoms with Crippen LogP contribution in [0.25, 0.3) is 0 Å². The Kier molecular flexibility index (Phi) is 6.61.